The van der Waals surface area contributed by atoms with Gasteiger partial charge in [-0.3, -0.25) is 9.89 Å². The number of rotatable bonds is 3. The molecule has 8 heteroatoms. The van der Waals surface area contributed by atoms with Crippen LogP contribution in [0.2, 0.25) is 0 Å². The van der Waals surface area contributed by atoms with Crippen LogP contribution in [0, 0.1) is 0 Å². The van der Waals surface area contributed by atoms with Crippen LogP contribution in [0.4, 0.5) is 5.82 Å². The summed E-state index contributed by atoms with van der Waals surface area (Å²) in [6.07, 6.45) is 3.69. The Kier molecular flexibility index (Phi) is 4.57. The largest absolute Gasteiger partial charge is 0.382 e. The predicted molar refractivity (Wildman–Crippen MR) is 128 cm³/mol. The molecule has 164 valence electrons. The van der Waals surface area contributed by atoms with Gasteiger partial charge in [0.25, 0.3) is 5.91 Å². The molecule has 1 saturated heterocycles. The molecular weight excluding hydrogens is 414 g/mol. The average molecular weight is 438 g/mol. The van der Waals surface area contributed by atoms with Crippen LogP contribution in [0.25, 0.3) is 33.2 Å². The Morgan fingerprint density at radius 1 is 1.09 bits per heavy atom. The molecule has 8 nitrogen and oxygen atoms in total. The SMILES string of the molecule is Nc1nc2cc(-c3cc[nH]n3)ccc2c2[nH]c([C@@H]3CCCN(C(=O)c4ccccc4)C3)nc12. The Bertz CT molecular complexity index is 1460. The molecule has 1 amide bonds. The molecule has 0 saturated carbocycles. The minimum Gasteiger partial charge on any atom is -0.382 e. The number of pyridine rings is 1. The first-order valence-electron chi connectivity index (χ1n) is 11.1. The highest BCUT2D eigenvalue weighted by Crippen LogP contribution is 2.33. The summed E-state index contributed by atoms with van der Waals surface area (Å²) in [6.45, 7) is 1.38. The second kappa shape index (κ2) is 7.74. The number of nitrogen functional groups attached to an aromatic ring is 1. The van der Waals surface area contributed by atoms with Crippen molar-refractivity contribution >= 4 is 33.7 Å². The number of fused-ring (bicyclic) bond motifs is 3. The van der Waals surface area contributed by atoms with Crippen molar-refractivity contribution in [3.8, 4) is 11.3 Å². The molecule has 3 aromatic heterocycles. The number of hydrogen-bond donors (Lipinski definition) is 3. The maximum absolute atomic E-state index is 13.0. The van der Waals surface area contributed by atoms with E-state index >= 15 is 0 Å². The number of carbonyl (C=O) groups is 1. The molecule has 5 aromatic rings. The Morgan fingerprint density at radius 3 is 2.79 bits per heavy atom. The molecule has 1 fully saturated rings. The zero-order valence-electron chi connectivity index (χ0n) is 18.0. The topological polar surface area (TPSA) is 117 Å². The molecule has 6 rings (SSSR count). The Hall–Kier alpha value is -4.20. The van der Waals surface area contributed by atoms with Crippen molar-refractivity contribution in [1.29, 1.82) is 0 Å². The van der Waals surface area contributed by atoms with Crippen molar-refractivity contribution in [2.45, 2.75) is 18.8 Å². The fourth-order valence-electron chi connectivity index (χ4n) is 4.71. The highest BCUT2D eigenvalue weighted by atomic mass is 16.2. The molecular formula is C25H23N7O. The monoisotopic (exact) mass is 437 g/mol. The number of nitrogens with one attached hydrogen (secondary N) is 2. The highest BCUT2D eigenvalue weighted by Gasteiger charge is 2.28. The van der Waals surface area contributed by atoms with E-state index in [0.29, 0.717) is 17.9 Å². The van der Waals surface area contributed by atoms with Gasteiger partial charge in [0.1, 0.15) is 11.3 Å². The number of piperidine rings is 1. The van der Waals surface area contributed by atoms with E-state index in [9.17, 15) is 4.79 Å². The van der Waals surface area contributed by atoms with E-state index in [1.165, 1.54) is 0 Å². The number of carbonyl (C=O) groups excluding carboxylic acids is 1. The van der Waals surface area contributed by atoms with Gasteiger partial charge >= 0.3 is 0 Å². The minimum atomic E-state index is 0.0638. The third-order valence-electron chi connectivity index (χ3n) is 6.39. The van der Waals surface area contributed by atoms with Crippen LogP contribution in [0.15, 0.2) is 60.8 Å². The number of hydrogen-bond acceptors (Lipinski definition) is 5. The van der Waals surface area contributed by atoms with Crippen molar-refractivity contribution in [3.63, 3.8) is 0 Å². The number of aromatic nitrogens is 5. The van der Waals surface area contributed by atoms with E-state index in [1.54, 1.807) is 6.20 Å². The van der Waals surface area contributed by atoms with E-state index < -0.39 is 0 Å². The molecule has 2 aromatic carbocycles. The molecule has 0 unspecified atom stereocenters. The van der Waals surface area contributed by atoms with E-state index in [4.69, 9.17) is 10.7 Å². The van der Waals surface area contributed by atoms with Crippen LogP contribution < -0.4 is 5.73 Å². The van der Waals surface area contributed by atoms with Gasteiger partial charge in [0, 0.05) is 41.7 Å². The Morgan fingerprint density at radius 2 is 1.97 bits per heavy atom. The van der Waals surface area contributed by atoms with E-state index in [1.807, 2.05) is 59.5 Å². The summed E-state index contributed by atoms with van der Waals surface area (Å²) in [5.41, 5.74) is 11.2. The van der Waals surface area contributed by atoms with Crippen LogP contribution in [0.5, 0.6) is 0 Å². The minimum absolute atomic E-state index is 0.0638. The average Bonchev–Trinajstić information content (AvgIpc) is 3.55. The van der Waals surface area contributed by atoms with Gasteiger partial charge in [-0.15, -0.1) is 0 Å². The van der Waals surface area contributed by atoms with Crippen LogP contribution in [0.1, 0.15) is 34.9 Å². The van der Waals surface area contributed by atoms with Crippen molar-refractivity contribution < 1.29 is 4.79 Å². The molecule has 0 spiro atoms. The first-order chi connectivity index (χ1) is 16.2. The number of imidazole rings is 1. The molecule has 33 heavy (non-hydrogen) atoms. The summed E-state index contributed by atoms with van der Waals surface area (Å²) in [5, 5.41) is 8.05. The summed E-state index contributed by atoms with van der Waals surface area (Å²) < 4.78 is 0. The summed E-state index contributed by atoms with van der Waals surface area (Å²) in [6, 6.07) is 17.4. The molecule has 0 aliphatic carbocycles. The molecule has 1 aliphatic heterocycles. The first-order valence-corrected chi connectivity index (χ1v) is 11.1. The maximum Gasteiger partial charge on any atom is 0.253 e. The van der Waals surface area contributed by atoms with Gasteiger partial charge in [0.15, 0.2) is 5.82 Å². The summed E-state index contributed by atoms with van der Waals surface area (Å²) in [7, 11) is 0. The van der Waals surface area contributed by atoms with Crippen LogP contribution in [-0.2, 0) is 0 Å². The predicted octanol–water partition coefficient (Wildman–Crippen LogP) is 4.10. The zero-order chi connectivity index (χ0) is 22.4. The molecule has 0 radical (unpaired) electrons. The van der Waals surface area contributed by atoms with Crippen LogP contribution in [-0.4, -0.2) is 49.0 Å². The smallest absolute Gasteiger partial charge is 0.253 e. The second-order valence-electron chi connectivity index (χ2n) is 8.49. The standard InChI is InChI=1S/C25H23N7O/c26-23-22-21(18-9-8-16(13-20(18)28-23)19-10-11-27-31-19)29-24(30-22)17-7-4-12-32(14-17)25(33)15-5-2-1-3-6-15/h1-3,5-6,8-11,13,17H,4,7,12,14H2,(H2,26,28)(H,27,31)(H,29,30)/t17-/m1/s1. The lowest BCUT2D eigenvalue weighted by Crippen LogP contribution is -2.39. The van der Waals surface area contributed by atoms with Crippen molar-refractivity contribution in [1.82, 2.24) is 30.0 Å². The molecule has 1 atom stereocenters. The van der Waals surface area contributed by atoms with Crippen molar-refractivity contribution in [2.24, 2.45) is 0 Å². The fourth-order valence-corrected chi connectivity index (χ4v) is 4.71. The number of aromatic amines is 2. The van der Waals surface area contributed by atoms with Gasteiger partial charge in [0.05, 0.1) is 16.7 Å². The van der Waals surface area contributed by atoms with Gasteiger partial charge in [-0.25, -0.2) is 9.97 Å². The fraction of sp³-hybridized carbons (Fsp3) is 0.200. The van der Waals surface area contributed by atoms with Gasteiger partial charge in [-0.2, -0.15) is 5.10 Å². The number of nitrogens with two attached hydrogens (primary N) is 1. The summed E-state index contributed by atoms with van der Waals surface area (Å²) >= 11 is 0. The van der Waals surface area contributed by atoms with Crippen LogP contribution >= 0.6 is 0 Å². The van der Waals surface area contributed by atoms with Crippen molar-refractivity contribution in [2.75, 3.05) is 18.8 Å². The normalized spacial score (nSPS) is 16.5. The molecule has 0 bridgehead atoms. The highest BCUT2D eigenvalue weighted by molar-refractivity contribution is 6.07. The number of anilines is 1. The molecule has 1 aliphatic rings. The van der Waals surface area contributed by atoms with Gasteiger partial charge in [-0.1, -0.05) is 24.3 Å². The Labute approximate surface area is 189 Å². The summed E-state index contributed by atoms with van der Waals surface area (Å²) in [4.78, 5) is 27.8. The Balaban J connectivity index is 1.35. The lowest BCUT2D eigenvalue weighted by Gasteiger charge is -2.32. The van der Waals surface area contributed by atoms with Crippen molar-refractivity contribution in [3.05, 3.63) is 72.2 Å². The van der Waals surface area contributed by atoms with E-state index in [-0.39, 0.29) is 11.8 Å². The first kappa shape index (κ1) is 19.5. The number of amides is 1. The number of benzene rings is 2. The third-order valence-corrected chi connectivity index (χ3v) is 6.39. The molecule has 4 N–H and O–H groups in total. The third kappa shape index (κ3) is 3.40. The second-order valence-corrected chi connectivity index (χ2v) is 8.49. The van der Waals surface area contributed by atoms with Crippen LogP contribution in [0.3, 0.4) is 0 Å². The van der Waals surface area contributed by atoms with E-state index in [2.05, 4.69) is 20.2 Å². The number of likely N-dealkylation sites (tertiary alicyclic amines) is 1. The molecule has 4 heterocycles. The lowest BCUT2D eigenvalue weighted by molar-refractivity contribution is 0.0705. The number of nitrogens with zero attached hydrogens (tertiary/aromatic N) is 4. The van der Waals surface area contributed by atoms with Gasteiger partial charge in [0.2, 0.25) is 0 Å². The van der Waals surface area contributed by atoms with Gasteiger partial charge < -0.3 is 15.6 Å². The zero-order valence-corrected chi connectivity index (χ0v) is 18.0. The quantitative estimate of drug-likeness (QED) is 0.393. The van der Waals surface area contributed by atoms with E-state index in [0.717, 1.165) is 58.5 Å². The maximum atomic E-state index is 13.0. The number of H-pyrrole nitrogens is 2. The lowest BCUT2D eigenvalue weighted by atomic mass is 9.96. The summed E-state index contributed by atoms with van der Waals surface area (Å²) in [5.74, 6) is 1.44. The van der Waals surface area contributed by atoms with Gasteiger partial charge in [-0.05, 0) is 43.2 Å².